The van der Waals surface area contributed by atoms with E-state index in [-0.39, 0.29) is 161 Å². The van der Waals surface area contributed by atoms with Crippen LogP contribution in [0.15, 0.2) is 95.2 Å². The molecule has 0 aliphatic heterocycles. The Labute approximate surface area is 764 Å². The molecule has 16 rings (SSSR count). The molecule has 0 radical (unpaired) electrons. The number of fused-ring (bicyclic) bond motifs is 20. The van der Waals surface area contributed by atoms with E-state index in [4.69, 9.17) is 19.2 Å². The third-order valence-electron chi connectivity index (χ3n) is 35.2. The number of aliphatic hydroxyl groups excluding tert-OH is 8. The molecule has 0 bridgehead atoms. The standard InChI is InChI=1S/4C22H29FO5.3Na.H3O4P/c4*1-12-8-16-15-5-4-13-9-14(25)6-7-19(13,2)21(15,23)17(26)10-20(16,3)22(12,28)18(27)11-24;;;;1-5(2,3)4/h4*6-7,9,12,15-17,24,26,28H,4-5,8,10-11H2,1-3H3;;;;(H3,1,2,3,4)/q;;;;3*+1;/p-3/t3*12-,15?,16?,17+,19+,20+,21+,22+;12-,15-,16?,17+,19+,20+,21+,22+;;;;/m1111..../s1. The van der Waals surface area contributed by atoms with Crippen molar-refractivity contribution in [3.63, 3.8) is 0 Å². The molecule has 0 heterocycles. The number of carbonyl (C=O) groups excluding carboxylic acids is 8. The first kappa shape index (κ1) is 101. The smallest absolute Gasteiger partial charge is 0.822 e. The van der Waals surface area contributed by atoms with Gasteiger partial charge in [-0.05, 0) is 226 Å². The van der Waals surface area contributed by atoms with Gasteiger partial charge in [0, 0.05) is 67.0 Å². The average Bonchev–Trinajstić information content (AvgIpc) is 1.37. The van der Waals surface area contributed by atoms with E-state index < -0.39 is 218 Å². The van der Waals surface area contributed by atoms with Gasteiger partial charge in [0.05, 0.1) is 24.4 Å². The largest absolute Gasteiger partial charge is 1.00 e. The number of hydrogen-bond donors (Lipinski definition) is 12. The van der Waals surface area contributed by atoms with Crippen LogP contribution < -0.4 is 103 Å². The molecular formula is C88H116F4Na3O24P. The molecule has 32 heteroatoms. The second kappa shape index (κ2) is 33.5. The molecule has 32 atom stereocenters. The Morgan fingerprint density at radius 3 is 0.667 bits per heavy atom. The molecule has 16 aliphatic rings. The molecular weight excluding hydrogens is 1620 g/mol. The average molecular weight is 1730 g/mol. The van der Waals surface area contributed by atoms with Crippen molar-refractivity contribution in [2.45, 2.75) is 255 Å². The van der Waals surface area contributed by atoms with Gasteiger partial charge < -0.3 is 80.5 Å². The molecule has 0 amide bonds. The van der Waals surface area contributed by atoms with E-state index in [1.807, 2.05) is 0 Å². The van der Waals surface area contributed by atoms with E-state index in [1.54, 1.807) is 107 Å². The molecule has 12 fully saturated rings. The van der Waals surface area contributed by atoms with Crippen LogP contribution >= 0.6 is 7.82 Å². The fraction of sp³-hybridized carbons (Fsp3) is 0.727. The third-order valence-corrected chi connectivity index (χ3v) is 35.2. The number of alkyl halides is 4. The molecule has 0 spiro atoms. The molecule has 0 saturated heterocycles. The number of hydrogen-bond acceptors (Lipinski definition) is 24. The number of phosphoric acid groups is 1. The minimum absolute atomic E-state index is 0. The molecule has 7 unspecified atom stereocenters. The van der Waals surface area contributed by atoms with Gasteiger partial charge in [-0.25, -0.2) is 17.6 Å². The zero-order valence-electron chi connectivity index (χ0n) is 71.5. The number of Topliss-reactive ketones (excluding diaryl/α,β-unsaturated/α-hetero) is 4. The zero-order chi connectivity index (χ0) is 87.3. The maximum Gasteiger partial charge on any atom is 1.00 e. The van der Waals surface area contributed by atoms with Crippen molar-refractivity contribution in [2.24, 2.45) is 114 Å². The number of halogens is 4. The quantitative estimate of drug-likeness (QED) is 0.0622. The van der Waals surface area contributed by atoms with Gasteiger partial charge in [0.1, 0.15) is 48.8 Å². The number of rotatable bonds is 8. The van der Waals surface area contributed by atoms with Gasteiger partial charge in [0.15, 0.2) is 68.9 Å². The minimum atomic E-state index is -5.39. The molecule has 0 aromatic heterocycles. The van der Waals surface area contributed by atoms with Crippen LogP contribution in [-0.4, -0.2) is 203 Å². The van der Waals surface area contributed by atoms with Crippen LogP contribution in [0, 0.1) is 114 Å². The summed E-state index contributed by atoms with van der Waals surface area (Å²) in [5.41, 5.74) is -20.7. The normalized spacial score (nSPS) is 49.5. The van der Waals surface area contributed by atoms with Gasteiger partial charge in [-0.2, -0.15) is 7.82 Å². The van der Waals surface area contributed by atoms with Crippen LogP contribution in [-0.2, 0) is 42.9 Å². The Morgan fingerprint density at radius 2 is 0.517 bits per heavy atom. The summed E-state index contributed by atoms with van der Waals surface area (Å²) in [5.74, 6) is -8.48. The number of aliphatic hydroxyl groups is 12. The van der Waals surface area contributed by atoms with E-state index in [9.17, 15) is 99.6 Å². The predicted molar refractivity (Wildman–Crippen MR) is 407 cm³/mol. The van der Waals surface area contributed by atoms with E-state index >= 15 is 17.6 Å². The predicted octanol–water partition coefficient (Wildman–Crippen LogP) is -4.23. The van der Waals surface area contributed by atoms with Gasteiger partial charge in [-0.3, -0.25) is 38.4 Å². The Balaban J connectivity index is 0.000000177. The summed E-state index contributed by atoms with van der Waals surface area (Å²) in [6.07, 6.45) is 17.8. The summed E-state index contributed by atoms with van der Waals surface area (Å²) >= 11 is 0. The van der Waals surface area contributed by atoms with Crippen molar-refractivity contribution in [2.75, 3.05) is 26.4 Å². The number of carbonyl (C=O) groups is 8. The van der Waals surface area contributed by atoms with E-state index in [2.05, 4.69) is 0 Å². The fourth-order valence-electron chi connectivity index (χ4n) is 29.0. The Hall–Kier alpha value is -2.37. The van der Waals surface area contributed by atoms with Crippen LogP contribution in [0.3, 0.4) is 0 Å². The van der Waals surface area contributed by atoms with Crippen molar-refractivity contribution in [1.29, 1.82) is 0 Å². The number of ketones is 8. The molecule has 16 aliphatic carbocycles. The monoisotopic (exact) mass is 1730 g/mol. The minimum Gasteiger partial charge on any atom is -0.822 e. The van der Waals surface area contributed by atoms with E-state index in [0.29, 0.717) is 99.3 Å². The first-order valence-electron chi connectivity index (χ1n) is 41.3. The fourth-order valence-corrected chi connectivity index (χ4v) is 29.0. The van der Waals surface area contributed by atoms with Crippen LogP contribution in [0.1, 0.15) is 186 Å². The topological polar surface area (TPSA) is 466 Å². The van der Waals surface area contributed by atoms with E-state index in [1.165, 1.54) is 48.6 Å². The second-order valence-electron chi connectivity index (χ2n) is 39.4. The molecule has 120 heavy (non-hydrogen) atoms. The zero-order valence-corrected chi connectivity index (χ0v) is 78.4. The summed E-state index contributed by atoms with van der Waals surface area (Å²) < 4.78 is 76.0. The summed E-state index contributed by atoms with van der Waals surface area (Å²) in [7, 11) is -5.39. The van der Waals surface area contributed by atoms with Crippen LogP contribution in [0.4, 0.5) is 17.6 Å². The molecule has 24 nitrogen and oxygen atoms in total. The van der Waals surface area contributed by atoms with Crippen LogP contribution in [0.5, 0.6) is 0 Å². The van der Waals surface area contributed by atoms with Crippen molar-refractivity contribution in [1.82, 2.24) is 0 Å². The van der Waals surface area contributed by atoms with Crippen molar-refractivity contribution < 1.29 is 225 Å². The Morgan fingerprint density at radius 1 is 0.358 bits per heavy atom. The van der Waals surface area contributed by atoms with Crippen LogP contribution in [0.25, 0.3) is 0 Å². The first-order chi connectivity index (χ1) is 53.9. The van der Waals surface area contributed by atoms with Gasteiger partial charge in [-0.15, -0.1) is 0 Å². The van der Waals surface area contributed by atoms with Gasteiger partial charge in [-0.1, -0.05) is 102 Å². The molecule has 0 aromatic carbocycles. The van der Waals surface area contributed by atoms with Gasteiger partial charge in [0.25, 0.3) is 0 Å². The summed E-state index contributed by atoms with van der Waals surface area (Å²) in [5, 5.41) is 128. The van der Waals surface area contributed by atoms with Gasteiger partial charge >= 0.3 is 88.7 Å². The Bertz CT molecular complexity index is 3960. The molecule has 12 saturated carbocycles. The summed E-state index contributed by atoms with van der Waals surface area (Å²) in [6.45, 7) is 17.9. The second-order valence-corrected chi connectivity index (χ2v) is 40.3. The molecule has 0 aromatic rings. The summed E-state index contributed by atoms with van der Waals surface area (Å²) in [6, 6.07) is 0. The maximum absolute atomic E-state index is 16.9. The van der Waals surface area contributed by atoms with E-state index in [0.717, 1.165) is 0 Å². The SMILES string of the molecule is C[C@@H]1CC2C3CCC4=CC(=O)C=C[C@]4(C)[C@@]3(F)[C@@H](O)C[C@]2(C)[C@@]1(O)C(=O)CO.C[C@@H]1CC2C3CCC4=CC(=O)C=C[C@]4(C)[C@@]3(F)[C@@H](O)C[C@]2(C)[C@@]1(O)C(=O)CO.C[C@@H]1CC2C3CCC4=CC(=O)C=C[C@]4(C)[C@@]3(F)[C@@H](O)C[C@]2(C)[C@@]1(O)C(=O)CO.C[C@@H]1CC2[C@H]3CCC4=CC(=O)C=C[C@]4(C)[C@@]3(F)[C@@H](O)C[C@]2(C)[C@@]1(O)C(=O)CO.O=P([O-])([O-])[O-].[Na+].[Na+].[Na+]. The third kappa shape index (κ3) is 13.7. The first-order valence-corrected chi connectivity index (χ1v) is 42.8. The Kier molecular flexibility index (Phi) is 28.3. The maximum atomic E-state index is 16.9. The summed E-state index contributed by atoms with van der Waals surface area (Å²) in [4.78, 5) is 123. The van der Waals surface area contributed by atoms with Crippen molar-refractivity contribution in [3.05, 3.63) is 95.2 Å². The van der Waals surface area contributed by atoms with Crippen LogP contribution in [0.2, 0.25) is 0 Å². The number of allylic oxidation sites excluding steroid dienone is 16. The molecule has 648 valence electrons. The van der Waals surface area contributed by atoms with Gasteiger partial charge in [0.2, 0.25) is 0 Å². The van der Waals surface area contributed by atoms with Crippen molar-refractivity contribution in [3.8, 4) is 0 Å². The van der Waals surface area contributed by atoms with Crippen molar-refractivity contribution >= 4 is 54.1 Å². The molecule has 12 N–H and O–H groups in total.